The van der Waals surface area contributed by atoms with Crippen molar-refractivity contribution >= 4 is 51.8 Å². The summed E-state index contributed by atoms with van der Waals surface area (Å²) in [4.78, 5) is 20.6. The molecule has 1 aromatic heterocycles. The van der Waals surface area contributed by atoms with Gasteiger partial charge in [-0.05, 0) is 60.0 Å². The number of nitrogens with zero attached hydrogens (tertiary/aromatic N) is 2. The predicted molar refractivity (Wildman–Crippen MR) is 142 cm³/mol. The molecule has 5 rings (SSSR count). The van der Waals surface area contributed by atoms with Gasteiger partial charge in [0, 0.05) is 47.8 Å². The average Bonchev–Trinajstić information content (AvgIpc) is 3.26. The molecule has 2 heterocycles. The van der Waals surface area contributed by atoms with Crippen molar-refractivity contribution in [3.63, 3.8) is 0 Å². The summed E-state index contributed by atoms with van der Waals surface area (Å²) in [6.45, 7) is 3.89. The van der Waals surface area contributed by atoms with Crippen molar-refractivity contribution in [1.29, 1.82) is 0 Å². The lowest BCUT2D eigenvalue weighted by Gasteiger charge is -2.43. The second kappa shape index (κ2) is 9.57. The van der Waals surface area contributed by atoms with Crippen LogP contribution in [0.4, 0.5) is 5.69 Å². The number of H-pyrrole nitrogens is 1. The van der Waals surface area contributed by atoms with Crippen LogP contribution >= 0.6 is 23.2 Å². The minimum absolute atomic E-state index is 0.00102. The van der Waals surface area contributed by atoms with Crippen molar-refractivity contribution in [2.24, 2.45) is 0 Å². The molecule has 1 aliphatic heterocycles. The topological polar surface area (TPSA) is 39.3 Å². The highest BCUT2D eigenvalue weighted by Crippen LogP contribution is 2.36. The van der Waals surface area contributed by atoms with E-state index in [0.29, 0.717) is 24.7 Å². The molecule has 0 radical (unpaired) electrons. The van der Waals surface area contributed by atoms with Crippen LogP contribution < -0.4 is 4.90 Å². The quantitative estimate of drug-likeness (QED) is 0.317. The Morgan fingerprint density at radius 2 is 1.82 bits per heavy atom. The van der Waals surface area contributed by atoms with Gasteiger partial charge in [0.25, 0.3) is 0 Å². The molecule has 4 nitrogen and oxygen atoms in total. The number of halogens is 2. The maximum atomic E-state index is 13.2. The first-order valence-electron chi connectivity index (χ1n) is 11.3. The van der Waals surface area contributed by atoms with E-state index in [2.05, 4.69) is 28.1 Å². The third-order valence-electron chi connectivity index (χ3n) is 6.39. The van der Waals surface area contributed by atoms with Crippen LogP contribution in [-0.2, 0) is 4.79 Å². The first-order chi connectivity index (χ1) is 16.5. The highest BCUT2D eigenvalue weighted by Gasteiger charge is 2.31. The normalized spacial score (nSPS) is 16.5. The summed E-state index contributed by atoms with van der Waals surface area (Å²) in [6.07, 6.45) is 5.49. The zero-order chi connectivity index (χ0) is 23.7. The standard InChI is InChI=1S/C28H25Cl2N3O/c1-19-6-12-26(24(30)16-19)33-15-14-32(18-27(33)20-7-10-22(29)11-8-20)28(34)13-9-21-17-31-25-5-3-2-4-23(21)25/h2-13,16-17,27,31H,14-15,18H2,1H3/b13-9+. The Labute approximate surface area is 209 Å². The summed E-state index contributed by atoms with van der Waals surface area (Å²) in [5.74, 6) is -0.00102. The molecule has 1 unspecified atom stereocenters. The molecular weight excluding hydrogens is 465 g/mol. The first kappa shape index (κ1) is 22.6. The Morgan fingerprint density at radius 3 is 2.62 bits per heavy atom. The van der Waals surface area contributed by atoms with Gasteiger partial charge in [-0.1, -0.05) is 59.6 Å². The number of benzene rings is 3. The molecular formula is C28H25Cl2N3O. The maximum Gasteiger partial charge on any atom is 0.246 e. The van der Waals surface area contributed by atoms with E-state index < -0.39 is 0 Å². The van der Waals surface area contributed by atoms with Crippen LogP contribution in [0, 0.1) is 6.92 Å². The Morgan fingerprint density at radius 1 is 1.03 bits per heavy atom. The van der Waals surface area contributed by atoms with E-state index in [0.717, 1.165) is 38.3 Å². The molecule has 0 spiro atoms. The van der Waals surface area contributed by atoms with Gasteiger partial charge in [-0.3, -0.25) is 4.79 Å². The van der Waals surface area contributed by atoms with Crippen molar-refractivity contribution in [1.82, 2.24) is 9.88 Å². The van der Waals surface area contributed by atoms with E-state index in [1.807, 2.05) is 72.6 Å². The fraction of sp³-hybridized carbons (Fsp3) is 0.179. The van der Waals surface area contributed by atoms with Crippen LogP contribution in [0.1, 0.15) is 22.7 Å². The molecule has 1 N–H and O–H groups in total. The number of nitrogens with one attached hydrogen (secondary N) is 1. The smallest absolute Gasteiger partial charge is 0.246 e. The molecule has 0 bridgehead atoms. The monoisotopic (exact) mass is 489 g/mol. The predicted octanol–water partition coefficient (Wildman–Crippen LogP) is 6.89. The van der Waals surface area contributed by atoms with Crippen LogP contribution in [0.2, 0.25) is 10.0 Å². The van der Waals surface area contributed by atoms with Crippen molar-refractivity contribution in [2.75, 3.05) is 24.5 Å². The number of amides is 1. The summed E-state index contributed by atoms with van der Waals surface area (Å²) < 4.78 is 0. The number of anilines is 1. The second-order valence-electron chi connectivity index (χ2n) is 8.62. The van der Waals surface area contributed by atoms with E-state index in [-0.39, 0.29) is 11.9 Å². The van der Waals surface area contributed by atoms with Gasteiger partial charge in [-0.25, -0.2) is 0 Å². The Kier molecular flexibility index (Phi) is 6.36. The molecule has 1 aliphatic rings. The number of aryl methyl sites for hydroxylation is 1. The number of hydrogen-bond donors (Lipinski definition) is 1. The molecule has 3 aromatic carbocycles. The van der Waals surface area contributed by atoms with Crippen molar-refractivity contribution in [2.45, 2.75) is 13.0 Å². The number of rotatable bonds is 4. The van der Waals surface area contributed by atoms with Gasteiger partial charge in [0.1, 0.15) is 0 Å². The summed E-state index contributed by atoms with van der Waals surface area (Å²) in [6, 6.07) is 22.0. The van der Waals surface area contributed by atoms with Crippen LogP contribution in [0.15, 0.2) is 79.0 Å². The average molecular weight is 490 g/mol. The summed E-state index contributed by atoms with van der Waals surface area (Å²) in [5.41, 5.74) is 5.25. The van der Waals surface area contributed by atoms with Gasteiger partial charge in [0.2, 0.25) is 5.91 Å². The molecule has 1 amide bonds. The molecule has 34 heavy (non-hydrogen) atoms. The zero-order valence-electron chi connectivity index (χ0n) is 18.8. The lowest BCUT2D eigenvalue weighted by atomic mass is 10.0. The van der Waals surface area contributed by atoms with E-state index in [1.165, 1.54) is 0 Å². The van der Waals surface area contributed by atoms with Gasteiger partial charge in [0.05, 0.1) is 16.8 Å². The van der Waals surface area contributed by atoms with E-state index in [1.54, 1.807) is 6.08 Å². The molecule has 6 heteroatoms. The van der Waals surface area contributed by atoms with Gasteiger partial charge >= 0.3 is 0 Å². The van der Waals surface area contributed by atoms with Crippen molar-refractivity contribution < 1.29 is 4.79 Å². The maximum absolute atomic E-state index is 13.2. The molecule has 0 saturated carbocycles. The van der Waals surface area contributed by atoms with Crippen LogP contribution in [-0.4, -0.2) is 35.4 Å². The fourth-order valence-corrected chi connectivity index (χ4v) is 5.05. The van der Waals surface area contributed by atoms with E-state index in [9.17, 15) is 4.79 Å². The largest absolute Gasteiger partial charge is 0.361 e. The van der Waals surface area contributed by atoms with Crippen molar-refractivity contribution in [3.05, 3.63) is 106 Å². The van der Waals surface area contributed by atoms with Crippen LogP contribution in [0.3, 0.4) is 0 Å². The van der Waals surface area contributed by atoms with Crippen molar-refractivity contribution in [3.8, 4) is 0 Å². The zero-order valence-corrected chi connectivity index (χ0v) is 20.4. The van der Waals surface area contributed by atoms with E-state index >= 15 is 0 Å². The van der Waals surface area contributed by atoms with Gasteiger partial charge < -0.3 is 14.8 Å². The number of hydrogen-bond acceptors (Lipinski definition) is 2. The first-order valence-corrected chi connectivity index (χ1v) is 12.1. The summed E-state index contributed by atoms with van der Waals surface area (Å²) >= 11 is 12.8. The Bertz CT molecular complexity index is 1360. The minimum atomic E-state index is -0.0309. The number of para-hydroxylation sites is 1. The lowest BCUT2D eigenvalue weighted by Crippen LogP contribution is -2.50. The summed E-state index contributed by atoms with van der Waals surface area (Å²) in [5, 5.41) is 2.51. The number of aromatic amines is 1. The highest BCUT2D eigenvalue weighted by atomic mass is 35.5. The minimum Gasteiger partial charge on any atom is -0.361 e. The molecule has 1 saturated heterocycles. The van der Waals surface area contributed by atoms with Crippen LogP contribution in [0.5, 0.6) is 0 Å². The third kappa shape index (κ3) is 4.56. The number of piperazine rings is 1. The number of aromatic nitrogens is 1. The van der Waals surface area contributed by atoms with Gasteiger partial charge in [0.15, 0.2) is 0 Å². The summed E-state index contributed by atoms with van der Waals surface area (Å²) in [7, 11) is 0. The second-order valence-corrected chi connectivity index (χ2v) is 9.47. The van der Waals surface area contributed by atoms with E-state index in [4.69, 9.17) is 23.2 Å². The number of carbonyl (C=O) groups is 1. The number of carbonyl (C=O) groups excluding carboxylic acids is 1. The Balaban J connectivity index is 1.41. The highest BCUT2D eigenvalue weighted by molar-refractivity contribution is 6.33. The lowest BCUT2D eigenvalue weighted by molar-refractivity contribution is -0.126. The third-order valence-corrected chi connectivity index (χ3v) is 6.94. The Hall–Kier alpha value is -3.21. The fourth-order valence-electron chi connectivity index (χ4n) is 4.58. The van der Waals surface area contributed by atoms with Gasteiger partial charge in [-0.2, -0.15) is 0 Å². The molecule has 1 atom stereocenters. The SMILES string of the molecule is Cc1ccc(N2CCN(C(=O)/C=C/c3c[nH]c4ccccc34)CC2c2ccc(Cl)cc2)c(Cl)c1. The number of fused-ring (bicyclic) bond motifs is 1. The van der Waals surface area contributed by atoms with Crippen LogP contribution in [0.25, 0.3) is 17.0 Å². The molecule has 172 valence electrons. The molecule has 1 fully saturated rings. The molecule has 4 aromatic rings. The van der Waals surface area contributed by atoms with Gasteiger partial charge in [-0.15, -0.1) is 0 Å². The molecule has 0 aliphatic carbocycles.